The molecular weight excluding hydrogens is 519 g/mol. The number of aromatic nitrogens is 3. The van der Waals surface area contributed by atoms with Crippen LogP contribution in [-0.4, -0.2) is 31.6 Å². The summed E-state index contributed by atoms with van der Waals surface area (Å²) < 4.78 is 41.7. The first-order chi connectivity index (χ1) is 18.1. The Morgan fingerprint density at radius 2 is 1.71 bits per heavy atom. The number of nitrogens with zero attached hydrogens (tertiary/aromatic N) is 3. The van der Waals surface area contributed by atoms with Crippen LogP contribution < -0.4 is 0 Å². The average Bonchev–Trinajstić information content (AvgIpc) is 3.36. The average molecular weight is 540 g/mol. The monoisotopic (exact) mass is 539 g/mol. The number of aromatic carboxylic acids is 1. The third-order valence-electron chi connectivity index (χ3n) is 6.71. The number of alkyl halides is 3. The highest BCUT2D eigenvalue weighted by atomic mass is 35.5. The molecule has 0 spiro atoms. The Labute approximate surface area is 220 Å². The molecule has 2 heterocycles. The van der Waals surface area contributed by atoms with Gasteiger partial charge in [-0.15, -0.1) is 0 Å². The van der Waals surface area contributed by atoms with E-state index in [0.29, 0.717) is 51.7 Å². The van der Waals surface area contributed by atoms with E-state index in [9.17, 15) is 27.9 Å². The number of hydrogen-bond donors (Lipinski definition) is 1. The van der Waals surface area contributed by atoms with Crippen molar-refractivity contribution in [1.29, 1.82) is 0 Å². The minimum atomic E-state index is -4.96. The lowest BCUT2D eigenvalue weighted by atomic mass is 9.83. The molecule has 0 radical (unpaired) electrons. The van der Waals surface area contributed by atoms with E-state index in [1.165, 1.54) is 12.1 Å². The smallest absolute Gasteiger partial charge is 0.434 e. The third-order valence-corrected chi connectivity index (χ3v) is 6.95. The highest BCUT2D eigenvalue weighted by molar-refractivity contribution is 6.31. The lowest BCUT2D eigenvalue weighted by Crippen LogP contribution is -2.18. The Kier molecular flexibility index (Phi) is 6.79. The van der Waals surface area contributed by atoms with Gasteiger partial charge in [-0.25, -0.2) is 14.5 Å². The second-order valence-corrected chi connectivity index (χ2v) is 9.56. The standard InChI is InChI=1S/C28H21ClF3N3O3/c29-19-10-13-21(18-6-4-16(5-7-18)17-8-11-20(36)12-9-17)22(14-19)24-2-1-3-25(34-24)35-26(28(30,31)32)23(15-33-35)27(37)38/h1-7,10,13-15,17H,8-9,11-12H2,(H,37,38). The van der Waals surface area contributed by atoms with Crippen molar-refractivity contribution in [2.75, 3.05) is 0 Å². The predicted octanol–water partition coefficient (Wildman–Crippen LogP) is 7.20. The maximum absolute atomic E-state index is 13.8. The van der Waals surface area contributed by atoms with Crippen LogP contribution in [0, 0.1) is 0 Å². The van der Waals surface area contributed by atoms with Gasteiger partial charge in [0.05, 0.1) is 11.9 Å². The van der Waals surface area contributed by atoms with E-state index in [1.54, 1.807) is 18.2 Å². The molecule has 0 saturated heterocycles. The van der Waals surface area contributed by atoms with Crippen LogP contribution in [-0.2, 0) is 11.0 Å². The number of Topliss-reactive ketones (excluding diaryl/α,β-unsaturated/α-hetero) is 1. The van der Waals surface area contributed by atoms with Gasteiger partial charge in [-0.1, -0.05) is 48.0 Å². The SMILES string of the molecule is O=C1CCC(c2ccc(-c3ccc(Cl)cc3-c3cccc(-n4ncc(C(=O)O)c4C(F)(F)F)n3)cc2)CC1. The maximum Gasteiger partial charge on any atom is 0.434 e. The summed E-state index contributed by atoms with van der Waals surface area (Å²) in [6, 6.07) is 17.7. The van der Waals surface area contributed by atoms with E-state index >= 15 is 0 Å². The van der Waals surface area contributed by atoms with E-state index in [1.807, 2.05) is 30.3 Å². The van der Waals surface area contributed by atoms with Gasteiger partial charge in [-0.3, -0.25) is 4.79 Å². The van der Waals surface area contributed by atoms with Crippen LogP contribution in [0.4, 0.5) is 13.2 Å². The van der Waals surface area contributed by atoms with Gasteiger partial charge in [-0.05, 0) is 59.7 Å². The number of carboxylic acid groups (broad SMARTS) is 1. The summed E-state index contributed by atoms with van der Waals surface area (Å²) in [4.78, 5) is 27.4. The van der Waals surface area contributed by atoms with Crippen molar-refractivity contribution in [1.82, 2.24) is 14.8 Å². The van der Waals surface area contributed by atoms with Crippen molar-refractivity contribution in [3.8, 4) is 28.2 Å². The second-order valence-electron chi connectivity index (χ2n) is 9.13. The zero-order valence-electron chi connectivity index (χ0n) is 19.9. The van der Waals surface area contributed by atoms with Gasteiger partial charge >= 0.3 is 12.1 Å². The van der Waals surface area contributed by atoms with Gasteiger partial charge in [0, 0.05) is 23.4 Å². The second kappa shape index (κ2) is 10.1. The van der Waals surface area contributed by atoms with Gasteiger partial charge in [0.1, 0.15) is 11.3 Å². The lowest BCUT2D eigenvalue weighted by molar-refractivity contribution is -0.143. The molecule has 0 unspecified atom stereocenters. The zero-order chi connectivity index (χ0) is 27.0. The number of pyridine rings is 1. The number of hydrogen-bond acceptors (Lipinski definition) is 4. The molecule has 38 heavy (non-hydrogen) atoms. The quantitative estimate of drug-likeness (QED) is 0.290. The summed E-state index contributed by atoms with van der Waals surface area (Å²) in [7, 11) is 0. The Morgan fingerprint density at radius 1 is 1.00 bits per heavy atom. The molecule has 2 aromatic carbocycles. The number of benzene rings is 2. The molecule has 194 valence electrons. The Bertz CT molecular complexity index is 1520. The molecule has 1 saturated carbocycles. The molecule has 4 aromatic rings. The first-order valence-corrected chi connectivity index (χ1v) is 12.3. The minimum Gasteiger partial charge on any atom is -0.478 e. The largest absolute Gasteiger partial charge is 0.478 e. The van der Waals surface area contributed by atoms with Crippen molar-refractivity contribution >= 4 is 23.4 Å². The third kappa shape index (κ3) is 5.06. The Balaban J connectivity index is 1.54. The van der Waals surface area contributed by atoms with Crippen LogP contribution >= 0.6 is 11.6 Å². The molecular formula is C28H21ClF3N3O3. The van der Waals surface area contributed by atoms with E-state index in [2.05, 4.69) is 10.1 Å². The Morgan fingerprint density at radius 3 is 2.37 bits per heavy atom. The molecule has 1 N–H and O–H groups in total. The number of carbonyl (C=O) groups excluding carboxylic acids is 1. The Hall–Kier alpha value is -3.98. The van der Waals surface area contributed by atoms with Crippen molar-refractivity contribution in [3.05, 3.63) is 88.7 Å². The molecule has 0 atom stereocenters. The highest BCUT2D eigenvalue weighted by Gasteiger charge is 2.41. The van der Waals surface area contributed by atoms with Crippen LogP contribution in [0.5, 0.6) is 0 Å². The molecule has 10 heteroatoms. The van der Waals surface area contributed by atoms with Gasteiger partial charge in [0.25, 0.3) is 0 Å². The fourth-order valence-electron chi connectivity index (χ4n) is 4.83. The van der Waals surface area contributed by atoms with Gasteiger partial charge < -0.3 is 5.11 Å². The van der Waals surface area contributed by atoms with Gasteiger partial charge in [0.2, 0.25) is 0 Å². The molecule has 2 aromatic heterocycles. The van der Waals surface area contributed by atoms with Crippen molar-refractivity contribution in [2.24, 2.45) is 0 Å². The zero-order valence-corrected chi connectivity index (χ0v) is 20.6. The van der Waals surface area contributed by atoms with Crippen LogP contribution in [0.3, 0.4) is 0 Å². The van der Waals surface area contributed by atoms with Crippen LogP contribution in [0.2, 0.25) is 5.02 Å². The minimum absolute atomic E-state index is 0.185. The molecule has 1 aliphatic carbocycles. The van der Waals surface area contributed by atoms with Crippen LogP contribution in [0.25, 0.3) is 28.2 Å². The molecule has 0 aliphatic heterocycles. The van der Waals surface area contributed by atoms with Crippen molar-refractivity contribution in [2.45, 2.75) is 37.8 Å². The fraction of sp³-hybridized carbons (Fsp3) is 0.214. The molecule has 5 rings (SSSR count). The molecule has 1 aliphatic rings. The van der Waals surface area contributed by atoms with Gasteiger partial charge in [0.15, 0.2) is 11.5 Å². The molecule has 6 nitrogen and oxygen atoms in total. The van der Waals surface area contributed by atoms with E-state index in [0.717, 1.165) is 29.5 Å². The summed E-state index contributed by atoms with van der Waals surface area (Å²) in [5.41, 5.74) is 1.35. The predicted molar refractivity (Wildman–Crippen MR) is 135 cm³/mol. The summed E-state index contributed by atoms with van der Waals surface area (Å²) in [5.74, 6) is -1.29. The maximum atomic E-state index is 13.8. The van der Waals surface area contributed by atoms with Crippen molar-refractivity contribution < 1.29 is 27.9 Å². The molecule has 1 fully saturated rings. The van der Waals surface area contributed by atoms with Gasteiger partial charge in [-0.2, -0.15) is 18.3 Å². The van der Waals surface area contributed by atoms with E-state index < -0.39 is 23.4 Å². The van der Waals surface area contributed by atoms with Crippen LogP contribution in [0.1, 0.15) is 53.2 Å². The number of rotatable bonds is 5. The molecule has 0 bridgehead atoms. The first kappa shape index (κ1) is 25.7. The summed E-state index contributed by atoms with van der Waals surface area (Å²) in [6.45, 7) is 0. The van der Waals surface area contributed by atoms with Crippen LogP contribution in [0.15, 0.2) is 66.9 Å². The number of halogens is 4. The highest BCUT2D eigenvalue weighted by Crippen LogP contribution is 2.37. The fourth-order valence-corrected chi connectivity index (χ4v) is 5.00. The molecule has 0 amide bonds. The number of carboxylic acids is 1. The van der Waals surface area contributed by atoms with E-state index in [-0.39, 0.29) is 5.82 Å². The first-order valence-electron chi connectivity index (χ1n) is 11.9. The number of carbonyl (C=O) groups is 2. The normalized spacial score (nSPS) is 14.6. The summed E-state index contributed by atoms with van der Waals surface area (Å²) >= 11 is 6.29. The summed E-state index contributed by atoms with van der Waals surface area (Å²) in [5, 5.41) is 13.3. The summed E-state index contributed by atoms with van der Waals surface area (Å²) in [6.07, 6.45) is -1.45. The topological polar surface area (TPSA) is 85.1 Å². The van der Waals surface area contributed by atoms with E-state index in [4.69, 9.17) is 11.6 Å². The lowest BCUT2D eigenvalue weighted by Gasteiger charge is -2.21. The van der Waals surface area contributed by atoms with Crippen molar-refractivity contribution in [3.63, 3.8) is 0 Å². The number of ketones is 1.